The van der Waals surface area contributed by atoms with Gasteiger partial charge in [0.1, 0.15) is 5.75 Å². The zero-order valence-corrected chi connectivity index (χ0v) is 17.2. The molecule has 5 heteroatoms. The first kappa shape index (κ1) is 21.5. The number of esters is 1. The summed E-state index contributed by atoms with van der Waals surface area (Å²) in [6, 6.07) is 13.5. The molecule has 0 aliphatic heterocycles. The third kappa shape index (κ3) is 6.12. The van der Waals surface area contributed by atoms with Gasteiger partial charge in [0.25, 0.3) is 5.91 Å². The molecular formula is C23H29NO4. The Morgan fingerprint density at radius 3 is 2.29 bits per heavy atom. The lowest BCUT2D eigenvalue weighted by molar-refractivity contribution is -0.143. The predicted octanol–water partition coefficient (Wildman–Crippen LogP) is 3.95. The van der Waals surface area contributed by atoms with Gasteiger partial charge in [-0.25, -0.2) is 0 Å². The molecule has 2 aromatic carbocycles. The van der Waals surface area contributed by atoms with Crippen molar-refractivity contribution in [3.63, 3.8) is 0 Å². The predicted molar refractivity (Wildman–Crippen MR) is 110 cm³/mol. The van der Waals surface area contributed by atoms with Gasteiger partial charge in [0, 0.05) is 18.7 Å². The summed E-state index contributed by atoms with van der Waals surface area (Å²) in [4.78, 5) is 26.6. The van der Waals surface area contributed by atoms with Crippen molar-refractivity contribution in [3.8, 4) is 5.75 Å². The van der Waals surface area contributed by atoms with Crippen LogP contribution in [0.5, 0.6) is 5.75 Å². The molecule has 150 valence electrons. The van der Waals surface area contributed by atoms with Crippen molar-refractivity contribution in [2.45, 2.75) is 33.6 Å². The molecule has 0 fully saturated rings. The summed E-state index contributed by atoms with van der Waals surface area (Å²) in [7, 11) is 1.63. The molecule has 0 heterocycles. The second-order valence-electron chi connectivity index (χ2n) is 6.74. The van der Waals surface area contributed by atoms with E-state index in [-0.39, 0.29) is 18.3 Å². The zero-order chi connectivity index (χ0) is 20.5. The van der Waals surface area contributed by atoms with Crippen molar-refractivity contribution in [2.75, 3.05) is 26.8 Å². The minimum absolute atomic E-state index is 0.0686. The van der Waals surface area contributed by atoms with Gasteiger partial charge in [-0.3, -0.25) is 9.59 Å². The summed E-state index contributed by atoms with van der Waals surface area (Å²) in [5, 5.41) is 0. The average molecular weight is 383 g/mol. The van der Waals surface area contributed by atoms with Gasteiger partial charge in [0.2, 0.25) is 0 Å². The third-order valence-corrected chi connectivity index (χ3v) is 4.76. The number of hydrogen-bond donors (Lipinski definition) is 0. The van der Waals surface area contributed by atoms with Crippen molar-refractivity contribution in [1.82, 2.24) is 4.90 Å². The van der Waals surface area contributed by atoms with Crippen LogP contribution in [0.3, 0.4) is 0 Å². The summed E-state index contributed by atoms with van der Waals surface area (Å²) >= 11 is 0. The summed E-state index contributed by atoms with van der Waals surface area (Å²) in [5.41, 5.74) is 3.97. The first-order valence-electron chi connectivity index (χ1n) is 9.59. The van der Waals surface area contributed by atoms with Gasteiger partial charge in [0.15, 0.2) is 0 Å². The Hall–Kier alpha value is -2.82. The first-order chi connectivity index (χ1) is 13.4. The highest BCUT2D eigenvalue weighted by Crippen LogP contribution is 2.15. The lowest BCUT2D eigenvalue weighted by Gasteiger charge is -2.23. The van der Waals surface area contributed by atoms with E-state index in [0.29, 0.717) is 31.7 Å². The molecular weight excluding hydrogens is 354 g/mol. The number of ether oxygens (including phenoxy) is 2. The molecule has 1 amide bonds. The van der Waals surface area contributed by atoms with Crippen LogP contribution in [0.15, 0.2) is 42.5 Å². The molecule has 0 saturated carbocycles. The maximum absolute atomic E-state index is 13.1. The lowest BCUT2D eigenvalue weighted by Crippen LogP contribution is -2.35. The van der Waals surface area contributed by atoms with Crippen LogP contribution in [0.1, 0.15) is 40.4 Å². The molecule has 0 unspecified atom stereocenters. The fourth-order valence-corrected chi connectivity index (χ4v) is 2.89. The summed E-state index contributed by atoms with van der Waals surface area (Å²) in [6.07, 6.45) is 0.885. The molecule has 0 saturated heterocycles. The number of methoxy groups -OCH3 is 1. The summed E-state index contributed by atoms with van der Waals surface area (Å²) in [5.74, 6) is 0.444. The zero-order valence-electron chi connectivity index (χ0n) is 17.2. The molecule has 2 aromatic rings. The molecule has 0 bridgehead atoms. The molecule has 0 aromatic heterocycles. The lowest BCUT2D eigenvalue weighted by atomic mass is 10.0. The molecule has 0 N–H and O–H groups in total. The minimum Gasteiger partial charge on any atom is -0.497 e. The van der Waals surface area contributed by atoms with Gasteiger partial charge in [-0.1, -0.05) is 18.2 Å². The SMILES string of the molecule is CCOC(=O)CCN(CCc1ccc(OC)cc1)C(=O)c1ccc(C)c(C)c1. The van der Waals surface area contributed by atoms with Crippen LogP contribution < -0.4 is 4.74 Å². The Labute approximate surface area is 167 Å². The highest BCUT2D eigenvalue weighted by molar-refractivity contribution is 5.94. The molecule has 0 spiro atoms. The molecule has 28 heavy (non-hydrogen) atoms. The molecule has 2 rings (SSSR count). The Morgan fingerprint density at radius 2 is 1.68 bits per heavy atom. The summed E-state index contributed by atoms with van der Waals surface area (Å²) in [6.45, 7) is 6.99. The van der Waals surface area contributed by atoms with Crippen LogP contribution in [0.25, 0.3) is 0 Å². The number of carbonyl (C=O) groups excluding carboxylic acids is 2. The van der Waals surface area contributed by atoms with Gasteiger partial charge < -0.3 is 14.4 Å². The normalized spacial score (nSPS) is 10.4. The van der Waals surface area contributed by atoms with Crippen LogP contribution in [0, 0.1) is 13.8 Å². The smallest absolute Gasteiger partial charge is 0.307 e. The van der Waals surface area contributed by atoms with Crippen molar-refractivity contribution in [3.05, 3.63) is 64.7 Å². The highest BCUT2D eigenvalue weighted by Gasteiger charge is 2.18. The van der Waals surface area contributed by atoms with E-state index >= 15 is 0 Å². The van der Waals surface area contributed by atoms with Crippen LogP contribution in [-0.2, 0) is 16.0 Å². The Kier molecular flexibility index (Phi) is 8.05. The average Bonchev–Trinajstić information content (AvgIpc) is 2.70. The number of carbonyl (C=O) groups is 2. The van der Waals surface area contributed by atoms with Crippen molar-refractivity contribution in [2.24, 2.45) is 0 Å². The van der Waals surface area contributed by atoms with Gasteiger partial charge in [-0.15, -0.1) is 0 Å². The molecule has 0 aliphatic carbocycles. The van der Waals surface area contributed by atoms with E-state index in [1.54, 1.807) is 18.9 Å². The minimum atomic E-state index is -0.287. The number of hydrogen-bond acceptors (Lipinski definition) is 4. The maximum Gasteiger partial charge on any atom is 0.307 e. The van der Waals surface area contributed by atoms with Crippen LogP contribution in [0.4, 0.5) is 0 Å². The van der Waals surface area contributed by atoms with Gasteiger partial charge in [-0.05, 0) is 68.1 Å². The number of benzene rings is 2. The van der Waals surface area contributed by atoms with E-state index in [1.165, 1.54) is 0 Å². The van der Waals surface area contributed by atoms with E-state index in [1.807, 2.05) is 56.3 Å². The van der Waals surface area contributed by atoms with Crippen molar-refractivity contribution >= 4 is 11.9 Å². The van der Waals surface area contributed by atoms with Gasteiger partial charge in [0.05, 0.1) is 20.1 Å². The largest absolute Gasteiger partial charge is 0.497 e. The Balaban J connectivity index is 2.11. The fraction of sp³-hybridized carbons (Fsp3) is 0.391. The molecule has 0 aliphatic rings. The standard InChI is InChI=1S/C23H29NO4/c1-5-28-22(25)13-15-24(14-12-19-7-10-21(27-4)11-8-19)23(26)20-9-6-17(2)18(3)16-20/h6-11,16H,5,12-15H2,1-4H3. The second kappa shape index (κ2) is 10.5. The maximum atomic E-state index is 13.1. The molecule has 0 radical (unpaired) electrons. The van der Waals surface area contributed by atoms with Gasteiger partial charge in [-0.2, -0.15) is 0 Å². The molecule has 0 atom stereocenters. The van der Waals surface area contributed by atoms with Crippen LogP contribution >= 0.6 is 0 Å². The van der Waals surface area contributed by atoms with E-state index < -0.39 is 0 Å². The van der Waals surface area contributed by atoms with Crippen LogP contribution in [0.2, 0.25) is 0 Å². The van der Waals surface area contributed by atoms with E-state index in [9.17, 15) is 9.59 Å². The fourth-order valence-electron chi connectivity index (χ4n) is 2.89. The third-order valence-electron chi connectivity index (χ3n) is 4.76. The topological polar surface area (TPSA) is 55.8 Å². The highest BCUT2D eigenvalue weighted by atomic mass is 16.5. The summed E-state index contributed by atoms with van der Waals surface area (Å²) < 4.78 is 10.2. The van der Waals surface area contributed by atoms with E-state index in [4.69, 9.17) is 9.47 Å². The van der Waals surface area contributed by atoms with Gasteiger partial charge >= 0.3 is 5.97 Å². The van der Waals surface area contributed by atoms with Crippen molar-refractivity contribution < 1.29 is 19.1 Å². The Bertz CT molecular complexity index is 799. The quantitative estimate of drug-likeness (QED) is 0.615. The Morgan fingerprint density at radius 1 is 0.964 bits per heavy atom. The number of nitrogens with zero attached hydrogens (tertiary/aromatic N) is 1. The monoisotopic (exact) mass is 383 g/mol. The van der Waals surface area contributed by atoms with E-state index in [0.717, 1.165) is 22.4 Å². The second-order valence-corrected chi connectivity index (χ2v) is 6.74. The van der Waals surface area contributed by atoms with Crippen molar-refractivity contribution in [1.29, 1.82) is 0 Å². The number of rotatable bonds is 9. The first-order valence-corrected chi connectivity index (χ1v) is 9.59. The number of aryl methyl sites for hydroxylation is 2. The van der Waals surface area contributed by atoms with Crippen LogP contribution in [-0.4, -0.2) is 43.6 Å². The van der Waals surface area contributed by atoms with E-state index in [2.05, 4.69) is 0 Å². The number of amides is 1. The molecule has 5 nitrogen and oxygen atoms in total.